The summed E-state index contributed by atoms with van der Waals surface area (Å²) in [5.41, 5.74) is -2.88. The van der Waals surface area contributed by atoms with Crippen LogP contribution in [0.3, 0.4) is 0 Å². The van der Waals surface area contributed by atoms with Crippen LogP contribution < -0.4 is 15.0 Å². The van der Waals surface area contributed by atoms with E-state index in [4.69, 9.17) is 21.1 Å². The molecule has 1 unspecified atom stereocenters. The number of halogens is 4. The van der Waals surface area contributed by atoms with E-state index in [0.717, 1.165) is 10.6 Å². The number of aliphatic carboxylic acids is 1. The summed E-state index contributed by atoms with van der Waals surface area (Å²) in [5, 5.41) is 15.0. The van der Waals surface area contributed by atoms with E-state index in [9.17, 15) is 27.9 Å². The van der Waals surface area contributed by atoms with Gasteiger partial charge < -0.3 is 14.6 Å². The topological polar surface area (TPSA) is 95.6 Å². The van der Waals surface area contributed by atoms with Crippen LogP contribution in [0.15, 0.2) is 47.5 Å². The van der Waals surface area contributed by atoms with Crippen LogP contribution in [0.2, 0.25) is 5.02 Å². The molecule has 0 spiro atoms. The fourth-order valence-electron chi connectivity index (χ4n) is 4.21. The molecule has 0 radical (unpaired) electrons. The number of aromatic nitrogens is 3. The largest absolute Gasteiger partial charge is 0.495 e. The van der Waals surface area contributed by atoms with Crippen molar-refractivity contribution < 1.29 is 32.5 Å². The van der Waals surface area contributed by atoms with E-state index in [2.05, 4.69) is 5.10 Å². The van der Waals surface area contributed by atoms with Crippen LogP contribution in [0.5, 0.6) is 11.5 Å². The number of ether oxygens (including phenoxy) is 2. The second-order valence-corrected chi connectivity index (χ2v) is 10.0. The Kier molecular flexibility index (Phi) is 7.69. The number of benzene rings is 1. The maximum Gasteiger partial charge on any atom is 0.422 e. The first kappa shape index (κ1) is 28.1. The lowest BCUT2D eigenvalue weighted by atomic mass is 9.70. The molecule has 0 fully saturated rings. The Bertz CT molecular complexity index is 1360. The highest BCUT2D eigenvalue weighted by atomic mass is 35.5. The monoisotopic (exact) mass is 541 g/mol. The first-order valence-corrected chi connectivity index (χ1v) is 11.5. The van der Waals surface area contributed by atoms with Gasteiger partial charge in [-0.2, -0.15) is 18.3 Å². The van der Waals surface area contributed by atoms with Crippen molar-refractivity contribution >= 4 is 17.6 Å². The Morgan fingerprint density at radius 3 is 2.27 bits per heavy atom. The number of hydrogen-bond acceptors (Lipinski definition) is 5. The lowest BCUT2D eigenvalue weighted by Crippen LogP contribution is -2.57. The highest BCUT2D eigenvalue weighted by Crippen LogP contribution is 2.43. The third-order valence-electron chi connectivity index (χ3n) is 6.07. The summed E-state index contributed by atoms with van der Waals surface area (Å²) in [6.45, 7) is 3.52. The van der Waals surface area contributed by atoms with Gasteiger partial charge >= 0.3 is 12.1 Å². The van der Waals surface area contributed by atoms with Gasteiger partial charge in [-0.3, -0.25) is 14.0 Å². The molecule has 0 aliphatic heterocycles. The van der Waals surface area contributed by atoms with Gasteiger partial charge in [-0.1, -0.05) is 32.4 Å². The molecule has 1 aromatic carbocycles. The molecule has 0 aliphatic carbocycles. The maximum atomic E-state index is 13.6. The number of carbonyl (C=O) groups is 1. The van der Waals surface area contributed by atoms with Crippen molar-refractivity contribution in [3.63, 3.8) is 0 Å². The van der Waals surface area contributed by atoms with E-state index in [0.29, 0.717) is 5.69 Å². The number of methoxy groups -OCH3 is 1. The van der Waals surface area contributed by atoms with Crippen molar-refractivity contribution in [3.8, 4) is 22.6 Å². The summed E-state index contributed by atoms with van der Waals surface area (Å²) in [6.07, 6.45) is -1.80. The molecular weight excluding hydrogens is 515 g/mol. The predicted octanol–water partition coefficient (Wildman–Crippen LogP) is 4.92. The third-order valence-corrected chi connectivity index (χ3v) is 6.31. The molecule has 0 aliphatic rings. The molecule has 1 atom stereocenters. The predicted molar refractivity (Wildman–Crippen MR) is 131 cm³/mol. The van der Waals surface area contributed by atoms with Gasteiger partial charge in [0.2, 0.25) is 0 Å². The van der Waals surface area contributed by atoms with Gasteiger partial charge in [0.1, 0.15) is 11.5 Å². The van der Waals surface area contributed by atoms with Crippen LogP contribution in [-0.4, -0.2) is 45.3 Å². The summed E-state index contributed by atoms with van der Waals surface area (Å²) in [4.78, 5) is 26.4. The molecule has 0 saturated carbocycles. The van der Waals surface area contributed by atoms with Crippen LogP contribution in [0.25, 0.3) is 11.1 Å². The van der Waals surface area contributed by atoms with Crippen LogP contribution in [0.4, 0.5) is 13.2 Å². The molecule has 3 aromatic rings. The van der Waals surface area contributed by atoms with E-state index >= 15 is 0 Å². The average Bonchev–Trinajstić information content (AvgIpc) is 3.19. The molecule has 200 valence electrons. The molecule has 37 heavy (non-hydrogen) atoms. The van der Waals surface area contributed by atoms with Crippen molar-refractivity contribution in [2.45, 2.75) is 38.9 Å². The Morgan fingerprint density at radius 1 is 1.11 bits per heavy atom. The Labute approximate surface area is 216 Å². The van der Waals surface area contributed by atoms with Crippen molar-refractivity contribution in [1.82, 2.24) is 14.3 Å². The lowest BCUT2D eigenvalue weighted by molar-refractivity contribution is -0.155. The fourth-order valence-corrected chi connectivity index (χ4v) is 4.39. The first-order valence-electron chi connectivity index (χ1n) is 11.1. The minimum atomic E-state index is -4.59. The standard InChI is InChI=1S/C25H27ClF3N3O5/c1-23(2,3)24(22(34)35,12-16-8-9-31(4)30-16)32-13-20(36-5)18(11-21(32)33)17-10-15(26)6-7-19(17)37-14-25(27,28)29/h6-11,13H,12,14H2,1-5H3,(H,34,35). The number of rotatable bonds is 8. The van der Waals surface area contributed by atoms with Gasteiger partial charge in [0, 0.05) is 41.9 Å². The minimum Gasteiger partial charge on any atom is -0.495 e. The molecule has 2 heterocycles. The third kappa shape index (κ3) is 5.76. The number of pyridine rings is 1. The van der Waals surface area contributed by atoms with E-state index in [1.54, 1.807) is 40.1 Å². The molecule has 0 bridgehead atoms. The van der Waals surface area contributed by atoms with Crippen LogP contribution >= 0.6 is 11.6 Å². The summed E-state index contributed by atoms with van der Waals surface area (Å²) >= 11 is 6.10. The zero-order chi connectivity index (χ0) is 27.8. The summed E-state index contributed by atoms with van der Waals surface area (Å²) in [6, 6.07) is 6.72. The number of carboxylic acids is 1. The molecular formula is C25H27ClF3N3O5. The molecule has 0 amide bonds. The SMILES string of the molecule is COc1cn(C(Cc2ccn(C)n2)(C(=O)O)C(C)(C)C)c(=O)cc1-c1cc(Cl)ccc1OCC(F)(F)F. The highest BCUT2D eigenvalue weighted by Gasteiger charge is 2.52. The molecule has 2 aromatic heterocycles. The second kappa shape index (κ2) is 10.1. The van der Waals surface area contributed by atoms with Gasteiger partial charge in [-0.15, -0.1) is 0 Å². The molecule has 1 N–H and O–H groups in total. The summed E-state index contributed by atoms with van der Waals surface area (Å²) in [7, 11) is 2.99. The maximum absolute atomic E-state index is 13.6. The zero-order valence-corrected chi connectivity index (χ0v) is 21.6. The number of hydrogen-bond donors (Lipinski definition) is 1. The minimum absolute atomic E-state index is 0.0367. The van der Waals surface area contributed by atoms with Gasteiger partial charge in [0.05, 0.1) is 19.0 Å². The average molecular weight is 542 g/mol. The number of carboxylic acid groups (broad SMARTS) is 1. The summed E-state index contributed by atoms with van der Waals surface area (Å²) < 4.78 is 51.5. The number of nitrogens with zero attached hydrogens (tertiary/aromatic N) is 3. The molecule has 3 rings (SSSR count). The van der Waals surface area contributed by atoms with Crippen molar-refractivity contribution in [1.29, 1.82) is 0 Å². The van der Waals surface area contributed by atoms with Gasteiger partial charge in [0.25, 0.3) is 5.56 Å². The quantitative estimate of drug-likeness (QED) is 0.435. The molecule has 0 saturated heterocycles. The lowest BCUT2D eigenvalue weighted by Gasteiger charge is -2.42. The Balaban J connectivity index is 2.26. The fraction of sp³-hybridized carbons (Fsp3) is 0.400. The first-order chi connectivity index (χ1) is 17.1. The van der Waals surface area contributed by atoms with Crippen LogP contribution in [-0.2, 0) is 23.8 Å². The van der Waals surface area contributed by atoms with Crippen molar-refractivity contribution in [3.05, 3.63) is 63.8 Å². The second-order valence-electron chi connectivity index (χ2n) is 9.58. The molecule has 12 heteroatoms. The molecule has 8 nitrogen and oxygen atoms in total. The van der Waals surface area contributed by atoms with E-state index < -0.39 is 35.3 Å². The van der Waals surface area contributed by atoms with E-state index in [-0.39, 0.29) is 34.1 Å². The van der Waals surface area contributed by atoms with Crippen LogP contribution in [0.1, 0.15) is 26.5 Å². The highest BCUT2D eigenvalue weighted by molar-refractivity contribution is 6.31. The van der Waals surface area contributed by atoms with Gasteiger partial charge in [-0.05, 0) is 29.7 Å². The number of aryl methyl sites for hydroxylation is 1. The van der Waals surface area contributed by atoms with Gasteiger partial charge in [0.15, 0.2) is 12.1 Å². The Hall–Kier alpha value is -3.47. The van der Waals surface area contributed by atoms with Crippen LogP contribution in [0, 0.1) is 5.41 Å². The van der Waals surface area contributed by atoms with Crippen molar-refractivity contribution in [2.24, 2.45) is 12.5 Å². The normalized spacial score (nSPS) is 13.8. The number of alkyl halides is 3. The van der Waals surface area contributed by atoms with Crippen molar-refractivity contribution in [2.75, 3.05) is 13.7 Å². The Morgan fingerprint density at radius 2 is 1.76 bits per heavy atom. The summed E-state index contributed by atoms with van der Waals surface area (Å²) in [5.74, 6) is -1.40. The van der Waals surface area contributed by atoms with Gasteiger partial charge in [-0.25, -0.2) is 4.79 Å². The smallest absolute Gasteiger partial charge is 0.422 e. The van der Waals surface area contributed by atoms with E-state index in [1.807, 2.05) is 0 Å². The van der Waals surface area contributed by atoms with E-state index in [1.165, 1.54) is 36.2 Å². The zero-order valence-electron chi connectivity index (χ0n) is 20.9.